The second-order valence-electron chi connectivity index (χ2n) is 5.22. The first-order valence-electron chi connectivity index (χ1n) is 7.55. The van der Waals surface area contributed by atoms with Gasteiger partial charge in [0.1, 0.15) is 6.04 Å². The van der Waals surface area contributed by atoms with Crippen LogP contribution in [0.1, 0.15) is 23.7 Å². The maximum atomic E-state index is 12.8. The molecule has 2 unspecified atom stereocenters. The van der Waals surface area contributed by atoms with Crippen molar-refractivity contribution in [2.24, 2.45) is 0 Å². The van der Waals surface area contributed by atoms with Gasteiger partial charge in [-0.3, -0.25) is 9.59 Å². The van der Waals surface area contributed by atoms with Gasteiger partial charge in [0.25, 0.3) is 5.91 Å². The molecule has 1 aliphatic rings. The third-order valence-corrected chi connectivity index (χ3v) is 5.38. The number of carbonyl (C=O) groups excluding carboxylic acids is 2. The molecule has 1 N–H and O–H groups in total. The lowest BCUT2D eigenvalue weighted by Gasteiger charge is -2.28. The first-order chi connectivity index (χ1) is 11.1. The zero-order valence-electron chi connectivity index (χ0n) is 13.3. The van der Waals surface area contributed by atoms with Crippen LogP contribution in [-0.2, 0) is 9.53 Å². The average molecular weight is 357 g/mol. The van der Waals surface area contributed by atoms with Crippen molar-refractivity contribution >= 4 is 35.2 Å². The molecule has 0 bridgehead atoms. The molecule has 0 radical (unpaired) electrons. The van der Waals surface area contributed by atoms with Crippen molar-refractivity contribution in [3.63, 3.8) is 0 Å². The van der Waals surface area contributed by atoms with Crippen LogP contribution in [0.3, 0.4) is 0 Å². The summed E-state index contributed by atoms with van der Waals surface area (Å²) in [7, 11) is 1.58. The van der Waals surface area contributed by atoms with Crippen LogP contribution in [0.2, 0.25) is 5.02 Å². The highest BCUT2D eigenvalue weighted by Gasteiger charge is 2.40. The number of hydrogen-bond donors (Lipinski definition) is 1. The molecule has 126 valence electrons. The Morgan fingerprint density at radius 2 is 2.09 bits per heavy atom. The number of nitrogens with zero attached hydrogens (tertiary/aromatic N) is 1. The van der Waals surface area contributed by atoms with Crippen LogP contribution in [0.5, 0.6) is 0 Å². The molecule has 1 heterocycles. The second kappa shape index (κ2) is 8.57. The summed E-state index contributed by atoms with van der Waals surface area (Å²) in [6, 6.07) is 6.31. The van der Waals surface area contributed by atoms with E-state index in [9.17, 15) is 9.59 Å². The molecule has 1 aromatic rings. The smallest absolute Gasteiger partial charge is 0.255 e. The minimum Gasteiger partial charge on any atom is -0.383 e. The number of ether oxygens (including phenoxy) is 1. The number of halogens is 1. The summed E-state index contributed by atoms with van der Waals surface area (Å²) in [5.41, 5.74) is 0.546. The zero-order valence-corrected chi connectivity index (χ0v) is 14.8. The van der Waals surface area contributed by atoms with Gasteiger partial charge in [-0.25, -0.2) is 0 Å². The SMILES string of the molecule is CCC1SCC(C(=O)NCCOC)N1C(=O)c1ccc(Cl)cc1. The summed E-state index contributed by atoms with van der Waals surface area (Å²) in [5, 5.41) is 3.42. The highest BCUT2D eigenvalue weighted by Crippen LogP contribution is 2.32. The third-order valence-electron chi connectivity index (χ3n) is 3.68. The van der Waals surface area contributed by atoms with Crippen molar-refractivity contribution < 1.29 is 14.3 Å². The fourth-order valence-electron chi connectivity index (χ4n) is 2.49. The van der Waals surface area contributed by atoms with Crippen molar-refractivity contribution in [2.75, 3.05) is 26.0 Å². The molecular formula is C16H21ClN2O3S. The lowest BCUT2D eigenvalue weighted by atomic mass is 10.1. The summed E-state index contributed by atoms with van der Waals surface area (Å²) in [4.78, 5) is 26.9. The number of thioether (sulfide) groups is 1. The minimum absolute atomic E-state index is 0.0105. The van der Waals surface area contributed by atoms with Gasteiger partial charge in [0, 0.05) is 30.0 Å². The highest BCUT2D eigenvalue weighted by atomic mass is 35.5. The van der Waals surface area contributed by atoms with Crippen LogP contribution in [0.4, 0.5) is 0 Å². The molecule has 0 aromatic heterocycles. The maximum absolute atomic E-state index is 12.8. The van der Waals surface area contributed by atoms with Crippen molar-refractivity contribution in [1.82, 2.24) is 10.2 Å². The zero-order chi connectivity index (χ0) is 16.8. The Morgan fingerprint density at radius 1 is 1.39 bits per heavy atom. The molecule has 0 saturated carbocycles. The van der Waals surface area contributed by atoms with Crippen LogP contribution >= 0.6 is 23.4 Å². The van der Waals surface area contributed by atoms with Crippen LogP contribution in [0.25, 0.3) is 0 Å². The molecular weight excluding hydrogens is 336 g/mol. The van der Waals surface area contributed by atoms with Crippen molar-refractivity contribution in [3.8, 4) is 0 Å². The molecule has 0 aliphatic carbocycles. The predicted molar refractivity (Wildman–Crippen MR) is 92.8 cm³/mol. The van der Waals surface area contributed by atoms with Gasteiger partial charge in [0.15, 0.2) is 0 Å². The van der Waals surface area contributed by atoms with Gasteiger partial charge in [-0.1, -0.05) is 18.5 Å². The lowest BCUT2D eigenvalue weighted by Crippen LogP contribution is -2.50. The van der Waals surface area contributed by atoms with Crippen molar-refractivity contribution in [2.45, 2.75) is 24.8 Å². The molecule has 0 spiro atoms. The van der Waals surface area contributed by atoms with E-state index >= 15 is 0 Å². The Bertz CT molecular complexity index is 553. The molecule has 2 amide bonds. The normalized spacial score (nSPS) is 20.6. The largest absolute Gasteiger partial charge is 0.383 e. The van der Waals surface area contributed by atoms with Crippen molar-refractivity contribution in [1.29, 1.82) is 0 Å². The van der Waals surface area contributed by atoms with Gasteiger partial charge in [0.2, 0.25) is 5.91 Å². The third kappa shape index (κ3) is 4.40. The van der Waals surface area contributed by atoms with Gasteiger partial charge in [-0.2, -0.15) is 0 Å². The predicted octanol–water partition coefficient (Wildman–Crippen LogP) is 2.40. The highest BCUT2D eigenvalue weighted by molar-refractivity contribution is 8.00. The monoisotopic (exact) mass is 356 g/mol. The number of rotatable bonds is 6. The Hall–Kier alpha value is -1.24. The number of hydrogen-bond acceptors (Lipinski definition) is 4. The Kier molecular flexibility index (Phi) is 6.74. The van der Waals surface area contributed by atoms with E-state index in [4.69, 9.17) is 16.3 Å². The van der Waals surface area contributed by atoms with E-state index in [1.165, 1.54) is 0 Å². The Balaban J connectivity index is 2.14. The number of nitrogens with one attached hydrogen (secondary N) is 1. The molecule has 5 nitrogen and oxygen atoms in total. The number of carbonyl (C=O) groups is 2. The Morgan fingerprint density at radius 3 is 2.70 bits per heavy atom. The van der Waals surface area contributed by atoms with E-state index in [-0.39, 0.29) is 17.2 Å². The number of benzene rings is 1. The van der Waals surface area contributed by atoms with E-state index < -0.39 is 6.04 Å². The number of methoxy groups -OCH3 is 1. The average Bonchev–Trinajstić information content (AvgIpc) is 2.99. The van der Waals surface area contributed by atoms with E-state index in [1.54, 1.807) is 48.0 Å². The van der Waals surface area contributed by atoms with E-state index in [2.05, 4.69) is 5.32 Å². The quantitative estimate of drug-likeness (QED) is 0.795. The topological polar surface area (TPSA) is 58.6 Å². The van der Waals surface area contributed by atoms with Crippen LogP contribution in [-0.4, -0.2) is 54.1 Å². The summed E-state index contributed by atoms with van der Waals surface area (Å²) >= 11 is 7.52. The molecule has 1 aliphatic heterocycles. The fourth-order valence-corrected chi connectivity index (χ4v) is 3.97. The number of amides is 2. The van der Waals surface area contributed by atoms with E-state index in [0.717, 1.165) is 6.42 Å². The fraction of sp³-hybridized carbons (Fsp3) is 0.500. The molecule has 23 heavy (non-hydrogen) atoms. The molecule has 1 saturated heterocycles. The van der Waals surface area contributed by atoms with Crippen molar-refractivity contribution in [3.05, 3.63) is 34.9 Å². The summed E-state index contributed by atoms with van der Waals surface area (Å²) in [6.07, 6.45) is 0.797. The van der Waals surface area contributed by atoms with Gasteiger partial charge in [-0.05, 0) is 30.7 Å². The minimum atomic E-state index is -0.454. The van der Waals surface area contributed by atoms with E-state index in [0.29, 0.717) is 29.5 Å². The molecule has 1 aromatic carbocycles. The summed E-state index contributed by atoms with van der Waals surface area (Å²) in [6.45, 7) is 2.91. The van der Waals surface area contributed by atoms with Crippen LogP contribution < -0.4 is 5.32 Å². The summed E-state index contributed by atoms with van der Waals surface area (Å²) < 4.78 is 4.94. The van der Waals surface area contributed by atoms with Crippen LogP contribution in [0.15, 0.2) is 24.3 Å². The van der Waals surface area contributed by atoms with Gasteiger partial charge in [0.05, 0.1) is 12.0 Å². The molecule has 2 rings (SSSR count). The first-order valence-corrected chi connectivity index (χ1v) is 8.97. The molecule has 2 atom stereocenters. The second-order valence-corrected chi connectivity index (χ2v) is 6.86. The Labute approximate surface area is 145 Å². The lowest BCUT2D eigenvalue weighted by molar-refractivity contribution is -0.125. The van der Waals surface area contributed by atoms with E-state index in [1.807, 2.05) is 6.92 Å². The van der Waals surface area contributed by atoms with Gasteiger partial charge >= 0.3 is 0 Å². The molecule has 7 heteroatoms. The van der Waals surface area contributed by atoms with Crippen LogP contribution in [0, 0.1) is 0 Å². The van der Waals surface area contributed by atoms with Gasteiger partial charge < -0.3 is 15.0 Å². The standard InChI is InChI=1S/C16H21ClN2O3S/c1-3-14-19(16(21)11-4-6-12(17)7-5-11)13(10-23-14)15(20)18-8-9-22-2/h4-7,13-14H,3,8-10H2,1-2H3,(H,18,20). The maximum Gasteiger partial charge on any atom is 0.255 e. The first kappa shape index (κ1) is 18.1. The van der Waals surface area contributed by atoms with Gasteiger partial charge in [-0.15, -0.1) is 11.8 Å². The summed E-state index contributed by atoms with van der Waals surface area (Å²) in [5.74, 6) is 0.342. The molecule has 1 fully saturated rings.